The van der Waals surface area contributed by atoms with Crippen LogP contribution in [0, 0.1) is 5.92 Å². The molecular weight excluding hydrogens is 170 g/mol. The molecule has 0 spiro atoms. The second-order valence-corrected chi connectivity index (χ2v) is 2.24. The van der Waals surface area contributed by atoms with Crippen molar-refractivity contribution in [3.8, 4) is 0 Å². The van der Waals surface area contributed by atoms with Gasteiger partial charge < -0.3 is 10.8 Å². The predicted octanol–water partition coefficient (Wildman–Crippen LogP) is 0.394. The van der Waals surface area contributed by atoms with Gasteiger partial charge in [0.1, 0.15) is 0 Å². The maximum Gasteiger partial charge on any atom is 0.303 e. The zero-order chi connectivity index (χ0) is 8.15. The van der Waals surface area contributed by atoms with Crippen molar-refractivity contribution in [2.75, 3.05) is 0 Å². The van der Waals surface area contributed by atoms with Crippen molar-refractivity contribution in [2.45, 2.75) is 19.8 Å². The molecule has 0 aliphatic rings. The SMILES string of the molecule is CC(CCC(=O)O)C(N)=O.Cl. The van der Waals surface area contributed by atoms with Crippen LogP contribution in [0.15, 0.2) is 0 Å². The highest BCUT2D eigenvalue weighted by Gasteiger charge is 2.09. The molecule has 0 saturated carbocycles. The van der Waals surface area contributed by atoms with E-state index in [9.17, 15) is 9.59 Å². The molecule has 1 atom stereocenters. The third-order valence-corrected chi connectivity index (χ3v) is 1.28. The van der Waals surface area contributed by atoms with Gasteiger partial charge in [-0.2, -0.15) is 0 Å². The van der Waals surface area contributed by atoms with E-state index < -0.39 is 11.9 Å². The van der Waals surface area contributed by atoms with Gasteiger partial charge in [0.25, 0.3) is 0 Å². The number of hydrogen-bond donors (Lipinski definition) is 2. The largest absolute Gasteiger partial charge is 0.481 e. The fourth-order valence-corrected chi connectivity index (χ4v) is 0.482. The van der Waals surface area contributed by atoms with E-state index in [0.717, 1.165) is 0 Å². The maximum absolute atomic E-state index is 10.3. The number of rotatable bonds is 4. The standard InChI is InChI=1S/C6H11NO3.ClH/c1-4(6(7)10)2-3-5(8)9;/h4H,2-3H2,1H3,(H2,7,10)(H,8,9);1H. The minimum atomic E-state index is -0.895. The average molecular weight is 182 g/mol. The molecule has 1 amide bonds. The van der Waals surface area contributed by atoms with Crippen LogP contribution in [0.2, 0.25) is 0 Å². The fourth-order valence-electron chi connectivity index (χ4n) is 0.482. The summed E-state index contributed by atoms with van der Waals surface area (Å²) in [5.74, 6) is -1.68. The van der Waals surface area contributed by atoms with E-state index in [-0.39, 0.29) is 24.7 Å². The van der Waals surface area contributed by atoms with Crippen LogP contribution in [0.3, 0.4) is 0 Å². The molecule has 5 heteroatoms. The molecule has 0 saturated heterocycles. The molecule has 66 valence electrons. The summed E-state index contributed by atoms with van der Waals surface area (Å²) in [5.41, 5.74) is 4.89. The molecule has 1 unspecified atom stereocenters. The first-order valence-corrected chi connectivity index (χ1v) is 3.05. The van der Waals surface area contributed by atoms with Gasteiger partial charge in [0.15, 0.2) is 0 Å². The number of carboxylic acids is 1. The summed E-state index contributed by atoms with van der Waals surface area (Å²) in [6.07, 6.45) is 0.328. The number of carbonyl (C=O) groups excluding carboxylic acids is 1. The van der Waals surface area contributed by atoms with Gasteiger partial charge in [0, 0.05) is 12.3 Å². The Morgan fingerprint density at radius 3 is 2.27 bits per heavy atom. The lowest BCUT2D eigenvalue weighted by molar-refractivity contribution is -0.137. The summed E-state index contributed by atoms with van der Waals surface area (Å²) in [6, 6.07) is 0. The summed E-state index contributed by atoms with van der Waals surface area (Å²) >= 11 is 0. The molecule has 4 nitrogen and oxygen atoms in total. The van der Waals surface area contributed by atoms with E-state index in [1.807, 2.05) is 0 Å². The van der Waals surface area contributed by atoms with Crippen molar-refractivity contribution in [3.05, 3.63) is 0 Å². The van der Waals surface area contributed by atoms with E-state index in [1.165, 1.54) is 0 Å². The minimum absolute atomic E-state index is 0. The first-order chi connectivity index (χ1) is 4.54. The van der Waals surface area contributed by atoms with E-state index >= 15 is 0 Å². The smallest absolute Gasteiger partial charge is 0.303 e. The maximum atomic E-state index is 10.3. The van der Waals surface area contributed by atoms with Gasteiger partial charge in [-0.05, 0) is 6.42 Å². The highest BCUT2D eigenvalue weighted by atomic mass is 35.5. The van der Waals surface area contributed by atoms with Gasteiger partial charge in [0.05, 0.1) is 0 Å². The van der Waals surface area contributed by atoms with Crippen LogP contribution in [0.25, 0.3) is 0 Å². The number of halogens is 1. The van der Waals surface area contributed by atoms with Crippen LogP contribution in [-0.2, 0) is 9.59 Å². The van der Waals surface area contributed by atoms with Crippen LogP contribution in [0.5, 0.6) is 0 Å². The number of carbonyl (C=O) groups is 2. The molecule has 0 heterocycles. The molecule has 0 aromatic heterocycles. The quantitative estimate of drug-likeness (QED) is 0.659. The summed E-state index contributed by atoms with van der Waals surface area (Å²) in [6.45, 7) is 1.62. The predicted molar refractivity (Wildman–Crippen MR) is 42.5 cm³/mol. The Morgan fingerprint density at radius 2 is 2.00 bits per heavy atom. The topological polar surface area (TPSA) is 80.4 Å². The second kappa shape index (κ2) is 5.97. The summed E-state index contributed by atoms with van der Waals surface area (Å²) in [4.78, 5) is 20.3. The van der Waals surface area contributed by atoms with E-state index in [0.29, 0.717) is 6.42 Å². The fraction of sp³-hybridized carbons (Fsp3) is 0.667. The van der Waals surface area contributed by atoms with Gasteiger partial charge in [0.2, 0.25) is 5.91 Å². The lowest BCUT2D eigenvalue weighted by Gasteiger charge is -2.02. The Balaban J connectivity index is 0. The molecule has 0 rings (SSSR count). The van der Waals surface area contributed by atoms with Crippen LogP contribution >= 0.6 is 12.4 Å². The minimum Gasteiger partial charge on any atom is -0.481 e. The van der Waals surface area contributed by atoms with E-state index in [4.69, 9.17) is 10.8 Å². The first-order valence-electron chi connectivity index (χ1n) is 3.05. The molecule has 0 radical (unpaired) electrons. The first kappa shape index (κ1) is 12.9. The Labute approximate surface area is 71.2 Å². The molecule has 0 aliphatic heterocycles. The third kappa shape index (κ3) is 7.12. The molecule has 3 N–H and O–H groups in total. The van der Waals surface area contributed by atoms with Gasteiger partial charge in [-0.1, -0.05) is 6.92 Å². The number of hydrogen-bond acceptors (Lipinski definition) is 2. The molecule has 0 bridgehead atoms. The lowest BCUT2D eigenvalue weighted by atomic mass is 10.1. The molecular formula is C6H12ClNO3. The van der Waals surface area contributed by atoms with Crippen molar-refractivity contribution >= 4 is 24.3 Å². The Bertz CT molecular complexity index is 149. The van der Waals surface area contributed by atoms with Crippen LogP contribution < -0.4 is 5.73 Å². The van der Waals surface area contributed by atoms with Crippen molar-refractivity contribution in [3.63, 3.8) is 0 Å². The summed E-state index contributed by atoms with van der Waals surface area (Å²) < 4.78 is 0. The summed E-state index contributed by atoms with van der Waals surface area (Å²) in [5, 5.41) is 8.19. The average Bonchev–Trinajstić information content (AvgIpc) is 1.82. The number of primary amides is 1. The number of aliphatic carboxylic acids is 1. The summed E-state index contributed by atoms with van der Waals surface area (Å²) in [7, 11) is 0. The van der Waals surface area contributed by atoms with E-state index in [2.05, 4.69) is 0 Å². The molecule has 0 aromatic rings. The lowest BCUT2D eigenvalue weighted by Crippen LogP contribution is -2.21. The van der Waals surface area contributed by atoms with Crippen LogP contribution in [-0.4, -0.2) is 17.0 Å². The zero-order valence-corrected chi connectivity index (χ0v) is 7.06. The van der Waals surface area contributed by atoms with Crippen molar-refractivity contribution < 1.29 is 14.7 Å². The second-order valence-electron chi connectivity index (χ2n) is 2.24. The number of nitrogens with two attached hydrogens (primary N) is 1. The van der Waals surface area contributed by atoms with Crippen molar-refractivity contribution in [1.82, 2.24) is 0 Å². The highest BCUT2D eigenvalue weighted by molar-refractivity contribution is 5.85. The normalized spacial score (nSPS) is 11.4. The Hall–Kier alpha value is -0.770. The Kier molecular flexibility index (Phi) is 6.99. The van der Waals surface area contributed by atoms with Crippen molar-refractivity contribution in [2.24, 2.45) is 11.7 Å². The monoisotopic (exact) mass is 181 g/mol. The molecule has 0 fully saturated rings. The van der Waals surface area contributed by atoms with Gasteiger partial charge in [-0.15, -0.1) is 12.4 Å². The highest BCUT2D eigenvalue weighted by Crippen LogP contribution is 2.03. The zero-order valence-electron chi connectivity index (χ0n) is 6.24. The van der Waals surface area contributed by atoms with Crippen LogP contribution in [0.1, 0.15) is 19.8 Å². The van der Waals surface area contributed by atoms with E-state index in [1.54, 1.807) is 6.92 Å². The van der Waals surface area contributed by atoms with Gasteiger partial charge >= 0.3 is 5.97 Å². The van der Waals surface area contributed by atoms with Gasteiger partial charge in [-0.3, -0.25) is 9.59 Å². The molecule has 0 aliphatic carbocycles. The Morgan fingerprint density at radius 1 is 1.55 bits per heavy atom. The molecule has 0 aromatic carbocycles. The molecule has 11 heavy (non-hydrogen) atoms. The number of carboxylic acid groups (broad SMARTS) is 1. The third-order valence-electron chi connectivity index (χ3n) is 1.28. The van der Waals surface area contributed by atoms with Crippen molar-refractivity contribution in [1.29, 1.82) is 0 Å². The van der Waals surface area contributed by atoms with Gasteiger partial charge in [-0.25, -0.2) is 0 Å². The number of amides is 1. The van der Waals surface area contributed by atoms with Crippen LogP contribution in [0.4, 0.5) is 0 Å².